The molecule has 0 saturated carbocycles. The fourth-order valence-corrected chi connectivity index (χ4v) is 4.10. The Morgan fingerprint density at radius 2 is 1.84 bits per heavy atom. The Morgan fingerprint density at radius 1 is 1.03 bits per heavy atom. The van der Waals surface area contributed by atoms with Crippen LogP contribution < -0.4 is 10.1 Å². The molecule has 7 nitrogen and oxygen atoms in total. The zero-order chi connectivity index (χ0) is 25.8. The van der Waals surface area contributed by atoms with Crippen LogP contribution in [-0.2, 0) is 0 Å². The van der Waals surface area contributed by atoms with E-state index in [0.717, 1.165) is 25.0 Å². The van der Waals surface area contributed by atoms with Gasteiger partial charge in [-0.05, 0) is 61.4 Å². The lowest BCUT2D eigenvalue weighted by molar-refractivity contribution is 0.0953. The molecular weight excluding hydrogens is 476 g/mol. The molecular formula is C28H23F2N5O2. The summed E-state index contributed by atoms with van der Waals surface area (Å²) in [5.74, 6) is -1.52. The third-order valence-electron chi connectivity index (χ3n) is 5.99. The summed E-state index contributed by atoms with van der Waals surface area (Å²) in [6, 6.07) is 12.2. The molecule has 4 aromatic rings. The number of pyridine rings is 1. The summed E-state index contributed by atoms with van der Waals surface area (Å²) in [7, 11) is 1.32. The van der Waals surface area contributed by atoms with Crippen molar-refractivity contribution >= 4 is 22.7 Å². The first-order valence-corrected chi connectivity index (χ1v) is 11.8. The van der Waals surface area contributed by atoms with Gasteiger partial charge in [-0.3, -0.25) is 9.79 Å². The van der Waals surface area contributed by atoms with Crippen LogP contribution in [0.3, 0.4) is 0 Å². The third kappa shape index (κ3) is 5.20. The predicted molar refractivity (Wildman–Crippen MR) is 137 cm³/mol. The number of benzene rings is 2. The molecule has 2 aromatic heterocycles. The average Bonchev–Trinajstić information content (AvgIpc) is 3.44. The van der Waals surface area contributed by atoms with Crippen LogP contribution in [0, 0.1) is 11.6 Å². The number of allylic oxidation sites excluding steroid dienone is 1. The summed E-state index contributed by atoms with van der Waals surface area (Å²) < 4.78 is 33.8. The maximum atomic E-state index is 15.2. The predicted octanol–water partition coefficient (Wildman–Crippen LogP) is 5.51. The molecule has 1 N–H and O–H groups in total. The van der Waals surface area contributed by atoms with E-state index in [1.54, 1.807) is 36.5 Å². The van der Waals surface area contributed by atoms with Gasteiger partial charge in [0.15, 0.2) is 5.82 Å². The van der Waals surface area contributed by atoms with E-state index in [0.29, 0.717) is 34.4 Å². The smallest absolute Gasteiger partial charge is 0.251 e. The topological polar surface area (TPSA) is 89.4 Å². The van der Waals surface area contributed by atoms with Gasteiger partial charge in [0.25, 0.3) is 11.8 Å². The highest BCUT2D eigenvalue weighted by molar-refractivity contribution is 5.98. The molecule has 0 unspecified atom stereocenters. The van der Waals surface area contributed by atoms with Gasteiger partial charge in [0, 0.05) is 47.8 Å². The second-order valence-electron chi connectivity index (χ2n) is 8.46. The molecule has 0 radical (unpaired) electrons. The van der Waals surface area contributed by atoms with E-state index in [9.17, 15) is 9.18 Å². The molecule has 37 heavy (non-hydrogen) atoms. The van der Waals surface area contributed by atoms with Crippen LogP contribution in [-0.4, -0.2) is 40.2 Å². The Hall–Kier alpha value is -4.53. The number of methoxy groups -OCH3 is 1. The number of carbonyl (C=O) groups is 1. The molecule has 1 aliphatic heterocycles. The van der Waals surface area contributed by atoms with E-state index >= 15 is 4.39 Å². The minimum atomic E-state index is -0.696. The van der Waals surface area contributed by atoms with Gasteiger partial charge in [-0.25, -0.2) is 23.7 Å². The van der Waals surface area contributed by atoms with Crippen LogP contribution in [0.4, 0.5) is 8.78 Å². The molecule has 9 heteroatoms. The Bertz CT molecular complexity index is 1530. The number of fused-ring (bicyclic) bond motifs is 1. The van der Waals surface area contributed by atoms with Crippen molar-refractivity contribution < 1.29 is 18.3 Å². The number of hydrogen-bond donors (Lipinski definition) is 1. The van der Waals surface area contributed by atoms with Crippen molar-refractivity contribution in [1.82, 2.24) is 20.3 Å². The number of aromatic nitrogens is 3. The molecule has 0 fully saturated rings. The summed E-state index contributed by atoms with van der Waals surface area (Å²) in [5, 5.41) is 2.92. The molecule has 0 aliphatic carbocycles. The summed E-state index contributed by atoms with van der Waals surface area (Å²) in [4.78, 5) is 30.3. The van der Waals surface area contributed by atoms with Gasteiger partial charge in [-0.1, -0.05) is 6.08 Å². The lowest BCUT2D eigenvalue weighted by Crippen LogP contribution is -2.24. The van der Waals surface area contributed by atoms with E-state index in [1.807, 2.05) is 6.08 Å². The molecule has 0 spiro atoms. The van der Waals surface area contributed by atoms with Crippen LogP contribution in [0.1, 0.15) is 29.6 Å². The van der Waals surface area contributed by atoms with Gasteiger partial charge < -0.3 is 10.1 Å². The minimum Gasteiger partial charge on any atom is -0.479 e. The maximum absolute atomic E-state index is 15.2. The van der Waals surface area contributed by atoms with Crippen molar-refractivity contribution in [2.45, 2.75) is 19.3 Å². The quantitative estimate of drug-likeness (QED) is 0.323. The van der Waals surface area contributed by atoms with E-state index in [4.69, 9.17) is 14.7 Å². The van der Waals surface area contributed by atoms with Gasteiger partial charge in [0.1, 0.15) is 11.5 Å². The average molecular weight is 500 g/mol. The second kappa shape index (κ2) is 10.6. The molecule has 1 amide bonds. The summed E-state index contributed by atoms with van der Waals surface area (Å²) >= 11 is 0. The second-order valence-corrected chi connectivity index (χ2v) is 8.46. The summed E-state index contributed by atoms with van der Waals surface area (Å²) in [6.07, 6.45) is 7.69. The number of amides is 1. The van der Waals surface area contributed by atoms with Gasteiger partial charge in [-0.2, -0.15) is 0 Å². The number of aliphatic imine (C=N–C) groups is 1. The normalized spacial score (nSPS) is 12.6. The standard InChI is InChI=1S/C28H23F2N5O2/c1-37-28-24(30)21(12-15-33-28)26-25(17-6-9-19(29)10-7-17)34-22-11-8-18(16-23(22)35-26)27(36)32-14-3-5-20-4-2-13-31-20/h2,6-13,15-16H,3-5,14H2,1H3,(H,32,36). The third-order valence-corrected chi connectivity index (χ3v) is 5.99. The first-order valence-electron chi connectivity index (χ1n) is 11.8. The van der Waals surface area contributed by atoms with E-state index in [2.05, 4.69) is 15.3 Å². The van der Waals surface area contributed by atoms with Crippen LogP contribution in [0.15, 0.2) is 72.0 Å². The Morgan fingerprint density at radius 3 is 2.59 bits per heavy atom. The number of nitrogens with zero attached hydrogens (tertiary/aromatic N) is 4. The lowest BCUT2D eigenvalue weighted by atomic mass is 10.0. The Balaban J connectivity index is 1.49. The first-order chi connectivity index (χ1) is 18.0. The van der Waals surface area contributed by atoms with Crippen molar-refractivity contribution in [2.75, 3.05) is 13.7 Å². The number of nitrogens with one attached hydrogen (secondary N) is 1. The zero-order valence-electron chi connectivity index (χ0n) is 20.0. The van der Waals surface area contributed by atoms with E-state index in [1.165, 1.54) is 31.5 Å². The maximum Gasteiger partial charge on any atom is 0.251 e. The molecule has 0 bridgehead atoms. The molecule has 0 atom stereocenters. The number of carbonyl (C=O) groups excluding carboxylic acids is 1. The van der Waals surface area contributed by atoms with Crippen LogP contribution in [0.2, 0.25) is 0 Å². The highest BCUT2D eigenvalue weighted by Crippen LogP contribution is 2.34. The molecule has 5 rings (SSSR count). The van der Waals surface area contributed by atoms with E-state index < -0.39 is 11.6 Å². The largest absolute Gasteiger partial charge is 0.479 e. The fourth-order valence-electron chi connectivity index (χ4n) is 4.10. The molecule has 1 aliphatic rings. The monoisotopic (exact) mass is 499 g/mol. The Kier molecular flexibility index (Phi) is 6.93. The molecule has 0 saturated heterocycles. The summed E-state index contributed by atoms with van der Waals surface area (Å²) in [6.45, 7) is 0.512. The Labute approximate surface area is 212 Å². The van der Waals surface area contributed by atoms with Crippen molar-refractivity contribution in [2.24, 2.45) is 4.99 Å². The van der Waals surface area contributed by atoms with Gasteiger partial charge >= 0.3 is 0 Å². The van der Waals surface area contributed by atoms with Crippen LogP contribution >= 0.6 is 0 Å². The SMILES string of the molecule is COc1nccc(-c2nc3cc(C(=O)NCCCC4=NC=CC4)ccc3nc2-c2ccc(F)cc2)c1F. The lowest BCUT2D eigenvalue weighted by Gasteiger charge is -2.13. The number of ether oxygens (including phenoxy) is 1. The first kappa shape index (κ1) is 24.2. The fraction of sp³-hybridized carbons (Fsp3) is 0.179. The minimum absolute atomic E-state index is 0.125. The highest BCUT2D eigenvalue weighted by Gasteiger charge is 2.20. The van der Waals surface area contributed by atoms with Crippen molar-refractivity contribution in [3.8, 4) is 28.4 Å². The highest BCUT2D eigenvalue weighted by atomic mass is 19.1. The number of halogens is 2. The van der Waals surface area contributed by atoms with Gasteiger partial charge in [0.05, 0.1) is 23.8 Å². The summed E-state index contributed by atoms with van der Waals surface area (Å²) in [5.41, 5.74) is 3.71. The van der Waals surface area contributed by atoms with Crippen LogP contribution in [0.25, 0.3) is 33.5 Å². The zero-order valence-corrected chi connectivity index (χ0v) is 20.0. The van der Waals surface area contributed by atoms with Crippen LogP contribution in [0.5, 0.6) is 5.88 Å². The molecule has 186 valence electrons. The van der Waals surface area contributed by atoms with Crippen molar-refractivity contribution in [1.29, 1.82) is 0 Å². The number of hydrogen-bond acceptors (Lipinski definition) is 6. The van der Waals surface area contributed by atoms with Gasteiger partial charge in [0.2, 0.25) is 0 Å². The van der Waals surface area contributed by atoms with Crippen molar-refractivity contribution in [3.05, 3.63) is 84.2 Å². The van der Waals surface area contributed by atoms with Gasteiger partial charge in [-0.15, -0.1) is 0 Å². The number of rotatable bonds is 8. The van der Waals surface area contributed by atoms with Crippen molar-refractivity contribution in [3.63, 3.8) is 0 Å². The molecule has 2 aromatic carbocycles. The molecule has 3 heterocycles. The van der Waals surface area contributed by atoms with E-state index in [-0.39, 0.29) is 23.0 Å².